The van der Waals surface area contributed by atoms with E-state index in [-0.39, 0.29) is 11.4 Å². The molecule has 1 aromatic carbocycles. The van der Waals surface area contributed by atoms with Crippen molar-refractivity contribution in [3.63, 3.8) is 0 Å². The van der Waals surface area contributed by atoms with E-state index in [0.717, 1.165) is 5.56 Å². The van der Waals surface area contributed by atoms with Crippen molar-refractivity contribution >= 4 is 27.6 Å². The summed E-state index contributed by atoms with van der Waals surface area (Å²) in [5.74, 6) is -0.370. The zero-order chi connectivity index (χ0) is 14.5. The van der Waals surface area contributed by atoms with Crippen LogP contribution in [-0.4, -0.2) is 18.1 Å². The number of carbonyl (C=O) groups excluding carboxylic acids is 1. The van der Waals surface area contributed by atoms with Gasteiger partial charge in [0.2, 0.25) is 0 Å². The first-order valence-electron chi connectivity index (χ1n) is 5.83. The largest absolute Gasteiger partial charge is 0.484 e. The van der Waals surface area contributed by atoms with Crippen molar-refractivity contribution in [1.82, 2.24) is 4.98 Å². The molecule has 0 amide bonds. The second kappa shape index (κ2) is 6.38. The van der Waals surface area contributed by atoms with Crippen LogP contribution in [0.25, 0.3) is 0 Å². The number of pyridine rings is 1. The summed E-state index contributed by atoms with van der Waals surface area (Å²) < 4.78 is 10.8. The highest BCUT2D eigenvalue weighted by Gasteiger charge is 2.19. The lowest BCUT2D eigenvalue weighted by Gasteiger charge is -2.12. The monoisotopic (exact) mass is 336 g/mol. The van der Waals surface area contributed by atoms with Gasteiger partial charge in [0.15, 0.2) is 11.4 Å². The summed E-state index contributed by atoms with van der Waals surface area (Å²) in [5, 5.41) is 0. The lowest BCUT2D eigenvalue weighted by molar-refractivity contribution is 0.0588. The molecular formula is C14H13BrN2O3. The summed E-state index contributed by atoms with van der Waals surface area (Å²) in [7, 11) is 1.28. The normalized spacial score (nSPS) is 10.1. The molecule has 0 radical (unpaired) electrons. The summed E-state index contributed by atoms with van der Waals surface area (Å²) in [6.45, 7) is 0.290. The van der Waals surface area contributed by atoms with Gasteiger partial charge < -0.3 is 15.2 Å². The number of aromatic nitrogens is 1. The Labute approximate surface area is 124 Å². The molecule has 0 saturated heterocycles. The molecule has 0 atom stereocenters. The van der Waals surface area contributed by atoms with Gasteiger partial charge >= 0.3 is 5.97 Å². The van der Waals surface area contributed by atoms with E-state index in [2.05, 4.69) is 25.7 Å². The number of hydrogen-bond donors (Lipinski definition) is 1. The summed E-state index contributed by atoms with van der Waals surface area (Å²) in [6.07, 6.45) is 0. The van der Waals surface area contributed by atoms with E-state index in [9.17, 15) is 4.79 Å². The van der Waals surface area contributed by atoms with Crippen LogP contribution in [0.4, 0.5) is 5.69 Å². The molecule has 0 aliphatic rings. The Morgan fingerprint density at radius 1 is 1.35 bits per heavy atom. The van der Waals surface area contributed by atoms with E-state index in [1.807, 2.05) is 30.3 Å². The highest BCUT2D eigenvalue weighted by Crippen LogP contribution is 2.29. The van der Waals surface area contributed by atoms with Gasteiger partial charge in [-0.3, -0.25) is 0 Å². The predicted octanol–water partition coefficient (Wildman–Crippen LogP) is 2.79. The number of benzene rings is 1. The minimum Gasteiger partial charge on any atom is -0.484 e. The van der Waals surface area contributed by atoms with Crippen LogP contribution in [0.5, 0.6) is 5.75 Å². The molecule has 2 rings (SSSR count). The Kier molecular flexibility index (Phi) is 4.57. The molecule has 0 bridgehead atoms. The molecular weight excluding hydrogens is 324 g/mol. The van der Waals surface area contributed by atoms with Crippen LogP contribution in [0.2, 0.25) is 0 Å². The Balaban J connectivity index is 2.28. The van der Waals surface area contributed by atoms with Gasteiger partial charge in [0, 0.05) is 0 Å². The molecule has 2 aromatic rings. The molecule has 0 aliphatic heterocycles. The van der Waals surface area contributed by atoms with E-state index in [0.29, 0.717) is 16.9 Å². The van der Waals surface area contributed by atoms with Crippen molar-refractivity contribution in [2.45, 2.75) is 6.61 Å². The fourth-order valence-corrected chi connectivity index (χ4v) is 2.06. The van der Waals surface area contributed by atoms with E-state index in [4.69, 9.17) is 10.5 Å². The number of halogens is 1. The van der Waals surface area contributed by atoms with Crippen molar-refractivity contribution in [3.05, 3.63) is 52.3 Å². The second-order valence-electron chi connectivity index (χ2n) is 3.98. The van der Waals surface area contributed by atoms with E-state index < -0.39 is 5.97 Å². The molecule has 1 heterocycles. The third kappa shape index (κ3) is 3.27. The number of nitrogen functional groups attached to an aromatic ring is 1. The fraction of sp³-hybridized carbons (Fsp3) is 0.143. The highest BCUT2D eigenvalue weighted by atomic mass is 79.9. The van der Waals surface area contributed by atoms with Gasteiger partial charge in [0.1, 0.15) is 11.2 Å². The first-order valence-corrected chi connectivity index (χ1v) is 6.62. The highest BCUT2D eigenvalue weighted by molar-refractivity contribution is 9.10. The minimum absolute atomic E-state index is 0.0512. The van der Waals surface area contributed by atoms with Gasteiger partial charge in [-0.05, 0) is 27.6 Å². The molecule has 0 aliphatic carbocycles. The van der Waals surface area contributed by atoms with Crippen LogP contribution in [0.3, 0.4) is 0 Å². The zero-order valence-corrected chi connectivity index (χ0v) is 12.4. The SMILES string of the molecule is COC(=O)c1nc(Br)cc(N)c1OCc1ccccc1. The average molecular weight is 337 g/mol. The molecule has 20 heavy (non-hydrogen) atoms. The Hall–Kier alpha value is -2.08. The lowest BCUT2D eigenvalue weighted by Crippen LogP contribution is -2.10. The maximum atomic E-state index is 11.7. The number of ether oxygens (including phenoxy) is 2. The molecule has 2 N–H and O–H groups in total. The molecule has 0 saturated carbocycles. The molecule has 104 valence electrons. The third-order valence-electron chi connectivity index (χ3n) is 2.58. The Morgan fingerprint density at radius 3 is 2.70 bits per heavy atom. The first kappa shape index (κ1) is 14.3. The van der Waals surface area contributed by atoms with Crippen LogP contribution >= 0.6 is 15.9 Å². The van der Waals surface area contributed by atoms with Crippen molar-refractivity contribution in [2.24, 2.45) is 0 Å². The van der Waals surface area contributed by atoms with Gasteiger partial charge in [0.25, 0.3) is 0 Å². The van der Waals surface area contributed by atoms with Crippen molar-refractivity contribution in [3.8, 4) is 5.75 Å². The summed E-state index contributed by atoms with van der Waals surface area (Å²) in [5.41, 5.74) is 7.21. The summed E-state index contributed by atoms with van der Waals surface area (Å²) >= 11 is 3.19. The fourth-order valence-electron chi connectivity index (χ4n) is 1.64. The van der Waals surface area contributed by atoms with Crippen molar-refractivity contribution in [1.29, 1.82) is 0 Å². The maximum absolute atomic E-state index is 11.7. The molecule has 1 aromatic heterocycles. The smallest absolute Gasteiger partial charge is 0.360 e. The van der Waals surface area contributed by atoms with Crippen LogP contribution in [0.1, 0.15) is 16.1 Å². The Bertz CT molecular complexity index is 617. The number of carbonyl (C=O) groups is 1. The average Bonchev–Trinajstić information content (AvgIpc) is 2.46. The van der Waals surface area contributed by atoms with Crippen molar-refractivity contribution in [2.75, 3.05) is 12.8 Å². The predicted molar refractivity (Wildman–Crippen MR) is 78.5 cm³/mol. The van der Waals surface area contributed by atoms with Crippen LogP contribution in [-0.2, 0) is 11.3 Å². The summed E-state index contributed by atoms with van der Waals surface area (Å²) in [4.78, 5) is 15.8. The van der Waals surface area contributed by atoms with Crippen LogP contribution < -0.4 is 10.5 Å². The first-order chi connectivity index (χ1) is 9.61. The topological polar surface area (TPSA) is 74.4 Å². The minimum atomic E-state index is -0.596. The molecule has 0 fully saturated rings. The molecule has 0 unspecified atom stereocenters. The van der Waals surface area contributed by atoms with Gasteiger partial charge in [-0.25, -0.2) is 9.78 Å². The Morgan fingerprint density at radius 2 is 2.05 bits per heavy atom. The number of nitrogens with two attached hydrogens (primary N) is 1. The van der Waals surface area contributed by atoms with Crippen LogP contribution in [0.15, 0.2) is 41.0 Å². The maximum Gasteiger partial charge on any atom is 0.360 e. The van der Waals surface area contributed by atoms with Gasteiger partial charge in [0.05, 0.1) is 12.8 Å². The second-order valence-corrected chi connectivity index (χ2v) is 4.79. The van der Waals surface area contributed by atoms with E-state index in [1.165, 1.54) is 7.11 Å². The van der Waals surface area contributed by atoms with Gasteiger partial charge in [-0.15, -0.1) is 0 Å². The van der Waals surface area contributed by atoms with E-state index in [1.54, 1.807) is 6.07 Å². The number of anilines is 1. The third-order valence-corrected chi connectivity index (χ3v) is 2.98. The van der Waals surface area contributed by atoms with Gasteiger partial charge in [-0.1, -0.05) is 30.3 Å². The lowest BCUT2D eigenvalue weighted by atomic mass is 10.2. The number of esters is 1. The number of nitrogens with zero attached hydrogens (tertiary/aromatic N) is 1. The number of hydrogen-bond acceptors (Lipinski definition) is 5. The number of rotatable bonds is 4. The van der Waals surface area contributed by atoms with Crippen LogP contribution in [0, 0.1) is 0 Å². The van der Waals surface area contributed by atoms with E-state index >= 15 is 0 Å². The zero-order valence-electron chi connectivity index (χ0n) is 10.8. The molecule has 6 heteroatoms. The van der Waals surface area contributed by atoms with Crippen molar-refractivity contribution < 1.29 is 14.3 Å². The standard InChI is InChI=1S/C14H13BrN2O3/c1-19-14(18)12-13(10(16)7-11(15)17-12)20-8-9-5-3-2-4-6-9/h2-7H,8H2,1H3,(H2,16,17). The number of methoxy groups -OCH3 is 1. The summed E-state index contributed by atoms with van der Waals surface area (Å²) in [6, 6.07) is 11.1. The quantitative estimate of drug-likeness (QED) is 0.686. The molecule has 0 spiro atoms. The molecule has 5 nitrogen and oxygen atoms in total. The van der Waals surface area contributed by atoms with Gasteiger partial charge in [-0.2, -0.15) is 0 Å².